The van der Waals surface area contributed by atoms with Gasteiger partial charge in [0.25, 0.3) is 0 Å². The zero-order valence-corrected chi connectivity index (χ0v) is 10.9. The summed E-state index contributed by atoms with van der Waals surface area (Å²) in [5.41, 5.74) is 3.75. The Balaban J connectivity index is 2.12. The van der Waals surface area contributed by atoms with Gasteiger partial charge in [-0.25, -0.2) is 0 Å². The van der Waals surface area contributed by atoms with Gasteiger partial charge in [0.15, 0.2) is 0 Å². The average Bonchev–Trinajstić information content (AvgIpc) is 2.39. The molecule has 0 spiro atoms. The van der Waals surface area contributed by atoms with Crippen molar-refractivity contribution >= 4 is 33.4 Å². The van der Waals surface area contributed by atoms with Crippen molar-refractivity contribution in [3.05, 3.63) is 64.6 Å². The summed E-state index contributed by atoms with van der Waals surface area (Å²) in [6.45, 7) is 0.916. The monoisotopic (exact) mass is 285 g/mol. The Morgan fingerprint density at radius 1 is 0.882 bits per heavy atom. The zero-order chi connectivity index (χ0) is 11.7. The molecule has 0 aromatic heterocycles. The number of hydrogen-bond acceptors (Lipinski definition) is 1. The second-order valence-corrected chi connectivity index (χ2v) is 4.88. The van der Waals surface area contributed by atoms with Crippen LogP contribution in [0.3, 0.4) is 0 Å². The van der Waals surface area contributed by atoms with Gasteiger partial charge in [0.05, 0.1) is 5.69 Å². The third kappa shape index (κ3) is 1.89. The average molecular weight is 286 g/mol. The fourth-order valence-electron chi connectivity index (χ4n) is 2.16. The minimum atomic E-state index is 0.916. The summed E-state index contributed by atoms with van der Waals surface area (Å²) in [5.74, 6) is 0. The van der Waals surface area contributed by atoms with E-state index in [1.54, 1.807) is 0 Å². The maximum atomic E-state index is 3.62. The number of hydrogen-bond donors (Lipinski definition) is 0. The van der Waals surface area contributed by atoms with Crippen LogP contribution in [0.15, 0.2) is 59.1 Å². The van der Waals surface area contributed by atoms with Gasteiger partial charge in [-0.05, 0) is 39.7 Å². The fraction of sp³-hybridized carbons (Fsp3) is 0.0667. The summed E-state index contributed by atoms with van der Waals surface area (Å²) in [7, 11) is 0. The summed E-state index contributed by atoms with van der Waals surface area (Å²) in [5, 5.41) is 0. The van der Waals surface area contributed by atoms with Crippen molar-refractivity contribution in [3.63, 3.8) is 0 Å². The molecule has 1 nitrogen and oxygen atoms in total. The number of benzene rings is 2. The zero-order valence-electron chi connectivity index (χ0n) is 9.31. The van der Waals surface area contributed by atoms with Gasteiger partial charge in [0, 0.05) is 16.7 Å². The van der Waals surface area contributed by atoms with E-state index < -0.39 is 0 Å². The number of rotatable bonds is 1. The third-order valence-corrected chi connectivity index (χ3v) is 3.63. The Bertz CT molecular complexity index is 575. The van der Waals surface area contributed by atoms with Crippen molar-refractivity contribution in [2.24, 2.45) is 0 Å². The van der Waals surface area contributed by atoms with Gasteiger partial charge in [-0.2, -0.15) is 0 Å². The lowest BCUT2D eigenvalue weighted by atomic mass is 10.1. The smallest absolute Gasteiger partial charge is 0.0558 e. The first kappa shape index (κ1) is 10.6. The summed E-state index contributed by atoms with van der Waals surface area (Å²) in [6, 6.07) is 16.8. The lowest BCUT2D eigenvalue weighted by Crippen LogP contribution is -2.20. The first-order valence-corrected chi connectivity index (χ1v) is 6.43. The molecule has 1 aliphatic rings. The van der Waals surface area contributed by atoms with Crippen LogP contribution in [0.25, 0.3) is 6.08 Å². The number of fused-ring (bicyclic) bond motifs is 1. The van der Waals surface area contributed by atoms with Crippen LogP contribution in [-0.2, 0) is 0 Å². The minimum Gasteiger partial charge on any atom is -0.336 e. The van der Waals surface area contributed by atoms with Crippen molar-refractivity contribution in [3.8, 4) is 0 Å². The van der Waals surface area contributed by atoms with Crippen molar-refractivity contribution in [1.29, 1.82) is 0 Å². The van der Waals surface area contributed by atoms with Gasteiger partial charge in [-0.3, -0.25) is 0 Å². The molecule has 2 aromatic rings. The van der Waals surface area contributed by atoms with Crippen LogP contribution in [0.5, 0.6) is 0 Å². The molecular weight excluding hydrogens is 274 g/mol. The summed E-state index contributed by atoms with van der Waals surface area (Å²) in [4.78, 5) is 2.32. The Morgan fingerprint density at radius 2 is 1.59 bits per heavy atom. The van der Waals surface area contributed by atoms with E-state index in [0.717, 1.165) is 11.0 Å². The Morgan fingerprint density at radius 3 is 2.41 bits per heavy atom. The largest absolute Gasteiger partial charge is 0.336 e. The predicted octanol–water partition coefficient (Wildman–Crippen LogP) is 4.61. The molecule has 84 valence electrons. The summed E-state index contributed by atoms with van der Waals surface area (Å²) in [6.07, 6.45) is 4.38. The summed E-state index contributed by atoms with van der Waals surface area (Å²) >= 11 is 3.62. The third-order valence-electron chi connectivity index (χ3n) is 2.96. The second kappa shape index (κ2) is 4.38. The van der Waals surface area contributed by atoms with Crippen molar-refractivity contribution in [2.75, 3.05) is 11.4 Å². The van der Waals surface area contributed by atoms with Gasteiger partial charge >= 0.3 is 0 Å². The lowest BCUT2D eigenvalue weighted by Gasteiger charge is -2.29. The van der Waals surface area contributed by atoms with Gasteiger partial charge in [-0.1, -0.05) is 42.5 Å². The van der Waals surface area contributed by atoms with E-state index in [1.165, 1.54) is 16.9 Å². The molecular formula is C15H12BrN. The molecule has 0 atom stereocenters. The van der Waals surface area contributed by atoms with Crippen LogP contribution in [0, 0.1) is 0 Å². The fourth-order valence-corrected chi connectivity index (χ4v) is 2.66. The topological polar surface area (TPSA) is 3.24 Å². The van der Waals surface area contributed by atoms with E-state index >= 15 is 0 Å². The molecule has 0 amide bonds. The first-order valence-electron chi connectivity index (χ1n) is 5.64. The molecule has 2 heteroatoms. The van der Waals surface area contributed by atoms with Gasteiger partial charge in [0.2, 0.25) is 0 Å². The maximum Gasteiger partial charge on any atom is 0.0558 e. The number of para-hydroxylation sites is 2. The molecule has 1 aliphatic heterocycles. The number of nitrogens with zero attached hydrogens (tertiary/aromatic N) is 1. The minimum absolute atomic E-state index is 0.916. The highest BCUT2D eigenvalue weighted by Gasteiger charge is 2.15. The second-order valence-electron chi connectivity index (χ2n) is 4.02. The highest BCUT2D eigenvalue weighted by Crippen LogP contribution is 2.36. The number of halogens is 1. The predicted molar refractivity (Wildman–Crippen MR) is 76.6 cm³/mol. The van der Waals surface area contributed by atoms with Crippen molar-refractivity contribution < 1.29 is 0 Å². The molecule has 0 saturated heterocycles. The molecule has 1 heterocycles. The molecule has 0 fully saturated rings. The van der Waals surface area contributed by atoms with Crippen molar-refractivity contribution in [1.82, 2.24) is 0 Å². The molecule has 0 unspecified atom stereocenters. The van der Waals surface area contributed by atoms with Crippen LogP contribution in [-0.4, -0.2) is 6.54 Å². The van der Waals surface area contributed by atoms with Crippen LogP contribution in [0.4, 0.5) is 11.4 Å². The molecule has 0 saturated carbocycles. The quantitative estimate of drug-likeness (QED) is 0.739. The van der Waals surface area contributed by atoms with E-state index in [4.69, 9.17) is 0 Å². The molecule has 0 radical (unpaired) electrons. The van der Waals surface area contributed by atoms with E-state index in [9.17, 15) is 0 Å². The molecule has 2 aromatic carbocycles. The first-order chi connectivity index (χ1) is 8.36. The SMILES string of the molecule is Brc1ccccc1N1CC=Cc2ccccc21. The lowest BCUT2D eigenvalue weighted by molar-refractivity contribution is 1.08. The van der Waals surface area contributed by atoms with Gasteiger partial charge in [-0.15, -0.1) is 0 Å². The van der Waals surface area contributed by atoms with E-state index in [2.05, 4.69) is 75.4 Å². The Kier molecular flexibility index (Phi) is 2.73. The van der Waals surface area contributed by atoms with Crippen LogP contribution in [0.2, 0.25) is 0 Å². The van der Waals surface area contributed by atoms with E-state index in [0.29, 0.717) is 0 Å². The summed E-state index contributed by atoms with van der Waals surface area (Å²) < 4.78 is 1.13. The molecule has 17 heavy (non-hydrogen) atoms. The highest BCUT2D eigenvalue weighted by molar-refractivity contribution is 9.10. The van der Waals surface area contributed by atoms with Crippen LogP contribution < -0.4 is 4.90 Å². The van der Waals surface area contributed by atoms with Crippen LogP contribution in [0.1, 0.15) is 5.56 Å². The molecule has 0 N–H and O–H groups in total. The van der Waals surface area contributed by atoms with E-state index in [-0.39, 0.29) is 0 Å². The Labute approximate surface area is 110 Å². The number of anilines is 2. The normalized spacial score (nSPS) is 13.6. The standard InChI is InChI=1S/C15H12BrN/c16-13-8-2-4-10-15(13)17-11-5-7-12-6-1-3-9-14(12)17/h1-10H,11H2. The van der Waals surface area contributed by atoms with E-state index in [1.807, 2.05) is 6.07 Å². The van der Waals surface area contributed by atoms with Gasteiger partial charge in [0.1, 0.15) is 0 Å². The Hall–Kier alpha value is -1.54. The molecule has 0 bridgehead atoms. The van der Waals surface area contributed by atoms with Gasteiger partial charge < -0.3 is 4.90 Å². The van der Waals surface area contributed by atoms with Crippen LogP contribution >= 0.6 is 15.9 Å². The maximum absolute atomic E-state index is 3.62. The van der Waals surface area contributed by atoms with Crippen molar-refractivity contribution in [2.45, 2.75) is 0 Å². The molecule has 0 aliphatic carbocycles. The highest BCUT2D eigenvalue weighted by atomic mass is 79.9. The molecule has 3 rings (SSSR count).